The van der Waals surface area contributed by atoms with Gasteiger partial charge in [0.05, 0.1) is 35.7 Å². The van der Waals surface area contributed by atoms with Crippen LogP contribution in [-0.4, -0.2) is 50.0 Å². The van der Waals surface area contributed by atoms with E-state index in [1.54, 1.807) is 17.5 Å². The fraction of sp³-hybridized carbons (Fsp3) is 0.600. The molecule has 2 aromatic rings. The minimum absolute atomic E-state index is 0.00860. The molecule has 1 fully saturated rings. The fourth-order valence-electron chi connectivity index (χ4n) is 3.26. The van der Waals surface area contributed by atoms with Crippen LogP contribution in [0.15, 0.2) is 11.6 Å². The monoisotopic (exact) mass is 333 g/mol. The van der Waals surface area contributed by atoms with E-state index in [2.05, 4.69) is 22.2 Å². The first-order chi connectivity index (χ1) is 11.3. The van der Waals surface area contributed by atoms with Gasteiger partial charge in [-0.25, -0.2) is 9.67 Å². The van der Waals surface area contributed by atoms with E-state index in [4.69, 9.17) is 4.74 Å². The van der Waals surface area contributed by atoms with Crippen LogP contribution >= 0.6 is 11.3 Å². The molecule has 0 unspecified atom stereocenters. The lowest BCUT2D eigenvalue weighted by Crippen LogP contribution is -2.50. The predicted molar refractivity (Wildman–Crippen MR) is 84.3 cm³/mol. The number of ether oxygens (including phenoxy) is 1. The first-order valence-corrected chi connectivity index (χ1v) is 8.88. The van der Waals surface area contributed by atoms with Gasteiger partial charge in [-0.2, -0.15) is 0 Å². The van der Waals surface area contributed by atoms with Crippen LogP contribution in [0.1, 0.15) is 47.0 Å². The molecule has 0 radical (unpaired) electrons. The van der Waals surface area contributed by atoms with Gasteiger partial charge < -0.3 is 9.64 Å². The topological polar surface area (TPSA) is 73.1 Å². The van der Waals surface area contributed by atoms with Crippen molar-refractivity contribution in [3.8, 4) is 0 Å². The summed E-state index contributed by atoms with van der Waals surface area (Å²) in [5, 5.41) is 11.0. The van der Waals surface area contributed by atoms with Crippen LogP contribution in [-0.2, 0) is 17.8 Å². The number of hydrogen-bond acceptors (Lipinski definition) is 6. The lowest BCUT2D eigenvalue weighted by Gasteiger charge is -2.40. The molecular weight excluding hydrogens is 314 g/mol. The van der Waals surface area contributed by atoms with Crippen molar-refractivity contribution in [2.24, 2.45) is 0 Å². The molecule has 4 heterocycles. The molecule has 1 amide bonds. The van der Waals surface area contributed by atoms with Crippen molar-refractivity contribution < 1.29 is 9.53 Å². The standard InChI is InChI=1S/C15H19N5O2S/c1-2-3-14-17-11(9-23-14)15(21)19-5-4-13-12(7-19)20-10(8-22-13)6-16-18-20/h6,9,12-13H,2-5,7-8H2,1H3/t12-,13-/m1/s1. The van der Waals surface area contributed by atoms with Crippen molar-refractivity contribution in [3.63, 3.8) is 0 Å². The summed E-state index contributed by atoms with van der Waals surface area (Å²) < 4.78 is 7.80. The molecule has 2 aliphatic rings. The van der Waals surface area contributed by atoms with E-state index in [0.29, 0.717) is 25.4 Å². The zero-order valence-electron chi connectivity index (χ0n) is 13.0. The molecule has 0 saturated carbocycles. The van der Waals surface area contributed by atoms with Gasteiger partial charge in [0, 0.05) is 18.5 Å². The van der Waals surface area contributed by atoms with E-state index in [-0.39, 0.29) is 18.1 Å². The summed E-state index contributed by atoms with van der Waals surface area (Å²) in [6.07, 6.45) is 4.63. The number of hydrogen-bond donors (Lipinski definition) is 0. The van der Waals surface area contributed by atoms with E-state index in [1.807, 2.05) is 15.0 Å². The minimum Gasteiger partial charge on any atom is -0.370 e. The molecule has 2 aliphatic heterocycles. The smallest absolute Gasteiger partial charge is 0.273 e. The highest BCUT2D eigenvalue weighted by atomic mass is 32.1. The number of amides is 1. The second-order valence-electron chi connectivity index (χ2n) is 6.00. The number of piperidine rings is 1. The molecule has 0 spiro atoms. The second kappa shape index (κ2) is 6.01. The predicted octanol–water partition coefficient (Wildman–Crippen LogP) is 1.67. The fourth-order valence-corrected chi connectivity index (χ4v) is 4.14. The number of aromatic nitrogens is 4. The molecule has 4 rings (SSSR count). The summed E-state index contributed by atoms with van der Waals surface area (Å²) in [5.41, 5.74) is 1.53. The largest absolute Gasteiger partial charge is 0.370 e. The summed E-state index contributed by atoms with van der Waals surface area (Å²) in [6, 6.07) is 0.0488. The maximum absolute atomic E-state index is 12.7. The number of aryl methyl sites for hydroxylation is 1. The maximum Gasteiger partial charge on any atom is 0.273 e. The number of nitrogens with zero attached hydrogens (tertiary/aromatic N) is 5. The minimum atomic E-state index is 0.00860. The SMILES string of the molecule is CCCc1nc(C(=O)N2CC[C@H]3OCc4cnnn4[C@@H]3C2)cs1. The average Bonchev–Trinajstić information content (AvgIpc) is 3.23. The Morgan fingerprint density at radius 1 is 1.52 bits per heavy atom. The summed E-state index contributed by atoms with van der Waals surface area (Å²) in [4.78, 5) is 19.1. The van der Waals surface area contributed by atoms with Crippen LogP contribution in [0.25, 0.3) is 0 Å². The molecule has 0 aliphatic carbocycles. The zero-order valence-corrected chi connectivity index (χ0v) is 13.8. The highest BCUT2D eigenvalue weighted by Gasteiger charge is 2.38. The first-order valence-electron chi connectivity index (χ1n) is 8.00. The third-order valence-corrected chi connectivity index (χ3v) is 5.36. The number of fused-ring (bicyclic) bond motifs is 3. The van der Waals surface area contributed by atoms with Crippen molar-refractivity contribution in [3.05, 3.63) is 28.0 Å². The van der Waals surface area contributed by atoms with Crippen LogP contribution in [0, 0.1) is 0 Å². The van der Waals surface area contributed by atoms with Crippen molar-refractivity contribution in [1.29, 1.82) is 0 Å². The quantitative estimate of drug-likeness (QED) is 0.854. The third kappa shape index (κ3) is 2.66. The van der Waals surface area contributed by atoms with Gasteiger partial charge in [0.25, 0.3) is 5.91 Å². The number of carbonyl (C=O) groups is 1. The van der Waals surface area contributed by atoms with Crippen molar-refractivity contribution in [2.75, 3.05) is 13.1 Å². The van der Waals surface area contributed by atoms with Gasteiger partial charge in [-0.1, -0.05) is 12.1 Å². The third-order valence-electron chi connectivity index (χ3n) is 4.45. The number of thiazole rings is 1. The molecule has 7 nitrogen and oxygen atoms in total. The van der Waals surface area contributed by atoms with E-state index < -0.39 is 0 Å². The van der Waals surface area contributed by atoms with Crippen LogP contribution < -0.4 is 0 Å². The van der Waals surface area contributed by atoms with E-state index in [0.717, 1.165) is 30.0 Å². The number of likely N-dealkylation sites (tertiary alicyclic amines) is 1. The Labute approximate surface area is 138 Å². The van der Waals surface area contributed by atoms with E-state index >= 15 is 0 Å². The van der Waals surface area contributed by atoms with Gasteiger partial charge in [0.1, 0.15) is 5.69 Å². The van der Waals surface area contributed by atoms with Crippen molar-refractivity contribution >= 4 is 17.2 Å². The summed E-state index contributed by atoms with van der Waals surface area (Å²) in [5.74, 6) is 0.00860. The second-order valence-corrected chi connectivity index (χ2v) is 6.95. The molecule has 2 atom stereocenters. The molecule has 0 bridgehead atoms. The summed E-state index contributed by atoms with van der Waals surface area (Å²) in [7, 11) is 0. The molecule has 0 N–H and O–H groups in total. The molecule has 2 aromatic heterocycles. The lowest BCUT2D eigenvalue weighted by molar-refractivity contribution is -0.0605. The van der Waals surface area contributed by atoms with E-state index in [1.165, 1.54) is 0 Å². The van der Waals surface area contributed by atoms with Gasteiger partial charge in [-0.15, -0.1) is 16.4 Å². The average molecular weight is 333 g/mol. The van der Waals surface area contributed by atoms with Gasteiger partial charge in [-0.05, 0) is 19.3 Å². The Bertz CT molecular complexity index is 712. The van der Waals surface area contributed by atoms with Crippen LogP contribution in [0.2, 0.25) is 0 Å². The molecule has 23 heavy (non-hydrogen) atoms. The normalized spacial score (nSPS) is 23.4. The zero-order chi connectivity index (χ0) is 15.8. The van der Waals surface area contributed by atoms with Crippen LogP contribution in [0.5, 0.6) is 0 Å². The first kappa shape index (κ1) is 14.8. The Morgan fingerprint density at radius 3 is 3.30 bits per heavy atom. The van der Waals surface area contributed by atoms with Crippen molar-refractivity contribution in [1.82, 2.24) is 24.9 Å². The highest BCUT2D eigenvalue weighted by molar-refractivity contribution is 7.09. The summed E-state index contributed by atoms with van der Waals surface area (Å²) >= 11 is 1.57. The van der Waals surface area contributed by atoms with Crippen molar-refractivity contribution in [2.45, 2.75) is 44.9 Å². The van der Waals surface area contributed by atoms with E-state index in [9.17, 15) is 4.79 Å². The Kier molecular flexibility index (Phi) is 3.86. The van der Waals surface area contributed by atoms with Crippen LogP contribution in [0.3, 0.4) is 0 Å². The molecule has 1 saturated heterocycles. The Hall–Kier alpha value is -1.80. The highest BCUT2D eigenvalue weighted by Crippen LogP contribution is 2.30. The van der Waals surface area contributed by atoms with Gasteiger partial charge in [0.15, 0.2) is 0 Å². The summed E-state index contributed by atoms with van der Waals surface area (Å²) in [6.45, 7) is 3.96. The Balaban J connectivity index is 1.51. The van der Waals surface area contributed by atoms with Gasteiger partial charge in [-0.3, -0.25) is 4.79 Å². The number of rotatable bonds is 3. The molecule has 8 heteroatoms. The molecule has 0 aromatic carbocycles. The number of carbonyl (C=O) groups excluding carboxylic acids is 1. The molecular formula is C15H19N5O2S. The lowest BCUT2D eigenvalue weighted by atomic mass is 10.00. The Morgan fingerprint density at radius 2 is 2.43 bits per heavy atom. The van der Waals surface area contributed by atoms with Crippen LogP contribution in [0.4, 0.5) is 0 Å². The van der Waals surface area contributed by atoms with Gasteiger partial charge in [0.2, 0.25) is 0 Å². The molecule has 122 valence electrons. The maximum atomic E-state index is 12.7. The van der Waals surface area contributed by atoms with Gasteiger partial charge >= 0.3 is 0 Å².